The lowest BCUT2D eigenvalue weighted by Crippen LogP contribution is -2.39. The number of hydrogen-bond donors (Lipinski definition) is 0. The minimum absolute atomic E-state index is 0.00322. The predicted octanol–water partition coefficient (Wildman–Crippen LogP) is 2.09. The molecule has 1 amide bonds. The standard InChI is InChI=1S/C16H19NO4/c1-20-15(19)13-11-16(13)6-8-17(9-7-16)14(18)5-4-12-3-2-10-21-12/h2-5,10,13H,6-9,11H2,1H3/b5-4+/t13-/m0/s1. The predicted molar refractivity (Wildman–Crippen MR) is 76.1 cm³/mol. The van der Waals surface area contributed by atoms with E-state index in [1.54, 1.807) is 30.5 Å². The number of esters is 1. The van der Waals surface area contributed by atoms with Gasteiger partial charge < -0.3 is 14.1 Å². The summed E-state index contributed by atoms with van der Waals surface area (Å²) in [4.78, 5) is 25.5. The number of piperidine rings is 1. The van der Waals surface area contributed by atoms with Crippen molar-refractivity contribution in [1.82, 2.24) is 4.90 Å². The van der Waals surface area contributed by atoms with Gasteiger partial charge in [-0.15, -0.1) is 0 Å². The fraction of sp³-hybridized carbons (Fsp3) is 0.500. The summed E-state index contributed by atoms with van der Waals surface area (Å²) < 4.78 is 9.97. The Hall–Kier alpha value is -2.04. The van der Waals surface area contributed by atoms with Crippen LogP contribution >= 0.6 is 0 Å². The van der Waals surface area contributed by atoms with Crippen LogP contribution in [0.1, 0.15) is 25.0 Å². The van der Waals surface area contributed by atoms with Crippen molar-refractivity contribution in [2.75, 3.05) is 20.2 Å². The van der Waals surface area contributed by atoms with Gasteiger partial charge in [-0.1, -0.05) is 0 Å². The van der Waals surface area contributed by atoms with Crippen molar-refractivity contribution >= 4 is 18.0 Å². The second kappa shape index (κ2) is 5.39. The highest BCUT2D eigenvalue weighted by molar-refractivity contribution is 5.91. The van der Waals surface area contributed by atoms with Gasteiger partial charge in [-0.05, 0) is 42.9 Å². The molecule has 1 atom stereocenters. The third kappa shape index (κ3) is 2.73. The van der Waals surface area contributed by atoms with Gasteiger partial charge >= 0.3 is 5.97 Å². The minimum atomic E-state index is -0.104. The highest BCUT2D eigenvalue weighted by Crippen LogP contribution is 2.59. The third-order valence-corrected chi connectivity index (χ3v) is 4.68. The van der Waals surface area contributed by atoms with Crippen LogP contribution in [0.15, 0.2) is 28.9 Å². The summed E-state index contributed by atoms with van der Waals surface area (Å²) in [5, 5.41) is 0. The molecule has 2 fully saturated rings. The van der Waals surface area contributed by atoms with E-state index in [9.17, 15) is 9.59 Å². The monoisotopic (exact) mass is 289 g/mol. The molecule has 1 spiro atoms. The summed E-state index contributed by atoms with van der Waals surface area (Å²) >= 11 is 0. The lowest BCUT2D eigenvalue weighted by atomic mass is 9.91. The van der Waals surface area contributed by atoms with E-state index >= 15 is 0 Å². The lowest BCUT2D eigenvalue weighted by molar-refractivity contribution is -0.143. The van der Waals surface area contributed by atoms with Crippen molar-refractivity contribution in [2.45, 2.75) is 19.3 Å². The highest BCUT2D eigenvalue weighted by atomic mass is 16.5. The molecular formula is C16H19NO4. The topological polar surface area (TPSA) is 59.8 Å². The highest BCUT2D eigenvalue weighted by Gasteiger charge is 2.59. The van der Waals surface area contributed by atoms with Crippen LogP contribution in [0.2, 0.25) is 0 Å². The van der Waals surface area contributed by atoms with Crippen LogP contribution in [0, 0.1) is 11.3 Å². The summed E-state index contributed by atoms with van der Waals surface area (Å²) in [6.45, 7) is 1.41. The molecule has 0 bridgehead atoms. The van der Waals surface area contributed by atoms with Crippen molar-refractivity contribution < 1.29 is 18.7 Å². The molecule has 0 aromatic carbocycles. The number of methoxy groups -OCH3 is 1. The molecule has 3 rings (SSSR count). The summed E-state index contributed by atoms with van der Waals surface area (Å²) in [5.74, 6) is 0.604. The van der Waals surface area contributed by atoms with E-state index in [4.69, 9.17) is 9.15 Å². The normalized spacial score (nSPS) is 23.5. The molecule has 1 aliphatic heterocycles. The first-order chi connectivity index (χ1) is 10.1. The van der Waals surface area contributed by atoms with Gasteiger partial charge in [0.2, 0.25) is 5.91 Å². The molecule has 5 nitrogen and oxygen atoms in total. The number of carbonyl (C=O) groups is 2. The maximum atomic E-state index is 12.1. The zero-order valence-electron chi connectivity index (χ0n) is 12.1. The molecular weight excluding hydrogens is 270 g/mol. The summed E-state index contributed by atoms with van der Waals surface area (Å²) in [7, 11) is 1.44. The Morgan fingerprint density at radius 3 is 2.81 bits per heavy atom. The average Bonchev–Trinajstić information content (AvgIpc) is 2.97. The van der Waals surface area contributed by atoms with Crippen molar-refractivity contribution in [3.63, 3.8) is 0 Å². The number of carbonyl (C=O) groups excluding carboxylic acids is 2. The van der Waals surface area contributed by atoms with Crippen molar-refractivity contribution in [1.29, 1.82) is 0 Å². The zero-order valence-corrected chi connectivity index (χ0v) is 12.1. The summed E-state index contributed by atoms with van der Waals surface area (Å²) in [6, 6.07) is 3.59. The molecule has 0 N–H and O–H groups in total. The van der Waals surface area contributed by atoms with Crippen molar-refractivity contribution in [3.8, 4) is 0 Å². The maximum Gasteiger partial charge on any atom is 0.309 e. The van der Waals surface area contributed by atoms with Crippen LogP contribution in [0.3, 0.4) is 0 Å². The number of likely N-dealkylation sites (tertiary alicyclic amines) is 1. The summed E-state index contributed by atoms with van der Waals surface area (Å²) in [6.07, 6.45) is 7.47. The second-order valence-corrected chi connectivity index (χ2v) is 5.82. The minimum Gasteiger partial charge on any atom is -0.469 e. The Labute approximate surface area is 123 Å². The third-order valence-electron chi connectivity index (χ3n) is 4.68. The van der Waals surface area contributed by atoms with E-state index in [0.29, 0.717) is 18.8 Å². The van der Waals surface area contributed by atoms with Crippen LogP contribution in [0.25, 0.3) is 6.08 Å². The first kappa shape index (κ1) is 13.9. The largest absolute Gasteiger partial charge is 0.469 e. The summed E-state index contributed by atoms with van der Waals surface area (Å²) in [5.41, 5.74) is 0.0919. The smallest absolute Gasteiger partial charge is 0.309 e. The number of rotatable bonds is 3. The molecule has 5 heteroatoms. The van der Waals surface area contributed by atoms with Crippen molar-refractivity contribution in [2.24, 2.45) is 11.3 Å². The van der Waals surface area contributed by atoms with E-state index < -0.39 is 0 Å². The Bertz CT molecular complexity index is 553. The first-order valence-electron chi connectivity index (χ1n) is 7.23. The quantitative estimate of drug-likeness (QED) is 0.631. The maximum absolute atomic E-state index is 12.1. The fourth-order valence-corrected chi connectivity index (χ4v) is 3.19. The Morgan fingerprint density at radius 2 is 2.19 bits per heavy atom. The van der Waals surface area contributed by atoms with Gasteiger partial charge in [0, 0.05) is 19.2 Å². The molecule has 0 radical (unpaired) electrons. The molecule has 1 saturated carbocycles. The zero-order chi connectivity index (χ0) is 14.9. The SMILES string of the molecule is COC(=O)[C@@H]1CC12CCN(C(=O)/C=C/c1ccco1)CC2. The van der Waals surface area contributed by atoms with E-state index in [1.165, 1.54) is 7.11 Å². The lowest BCUT2D eigenvalue weighted by Gasteiger charge is -2.32. The van der Waals surface area contributed by atoms with Gasteiger partial charge in [0.15, 0.2) is 0 Å². The number of furan rings is 1. The van der Waals surface area contributed by atoms with Gasteiger partial charge in [-0.3, -0.25) is 9.59 Å². The van der Waals surface area contributed by atoms with Gasteiger partial charge in [-0.2, -0.15) is 0 Å². The number of amides is 1. The van der Waals surface area contributed by atoms with E-state index in [-0.39, 0.29) is 23.2 Å². The van der Waals surface area contributed by atoms with Crippen molar-refractivity contribution in [3.05, 3.63) is 30.2 Å². The van der Waals surface area contributed by atoms with Gasteiger partial charge in [0.25, 0.3) is 0 Å². The van der Waals surface area contributed by atoms with Gasteiger partial charge in [0.1, 0.15) is 5.76 Å². The number of hydrogen-bond acceptors (Lipinski definition) is 4. The molecule has 21 heavy (non-hydrogen) atoms. The Kier molecular flexibility index (Phi) is 3.57. The van der Waals surface area contributed by atoms with Crippen LogP contribution in [0.5, 0.6) is 0 Å². The average molecular weight is 289 g/mol. The molecule has 2 heterocycles. The molecule has 0 unspecified atom stereocenters. The molecule has 2 aliphatic rings. The second-order valence-electron chi connectivity index (χ2n) is 5.82. The molecule has 1 aromatic heterocycles. The molecule has 112 valence electrons. The van der Waals surface area contributed by atoms with Gasteiger partial charge in [0.05, 0.1) is 19.3 Å². The van der Waals surface area contributed by atoms with E-state index in [0.717, 1.165) is 19.3 Å². The first-order valence-corrected chi connectivity index (χ1v) is 7.23. The van der Waals surface area contributed by atoms with Crippen LogP contribution < -0.4 is 0 Å². The number of ether oxygens (including phenoxy) is 1. The molecule has 1 saturated heterocycles. The fourth-order valence-electron chi connectivity index (χ4n) is 3.19. The van der Waals surface area contributed by atoms with E-state index in [1.807, 2.05) is 4.90 Å². The Balaban J connectivity index is 1.52. The van der Waals surface area contributed by atoms with E-state index in [2.05, 4.69) is 0 Å². The van der Waals surface area contributed by atoms with Gasteiger partial charge in [-0.25, -0.2) is 0 Å². The number of nitrogens with zero attached hydrogens (tertiary/aromatic N) is 1. The molecule has 1 aromatic rings. The van der Waals surface area contributed by atoms with Crippen LogP contribution in [0.4, 0.5) is 0 Å². The van der Waals surface area contributed by atoms with Crippen LogP contribution in [-0.4, -0.2) is 37.0 Å². The van der Waals surface area contributed by atoms with Crippen LogP contribution in [-0.2, 0) is 14.3 Å². The molecule has 1 aliphatic carbocycles. The Morgan fingerprint density at radius 1 is 1.43 bits per heavy atom.